The molecule has 60 heavy (non-hydrogen) atoms. The number of aliphatic imine (C=N–C) groups is 2. The van der Waals surface area contributed by atoms with E-state index in [2.05, 4.69) is 180 Å². The van der Waals surface area contributed by atoms with Gasteiger partial charge in [-0.1, -0.05) is 188 Å². The van der Waals surface area contributed by atoms with Crippen LogP contribution in [-0.2, 0) is 5.41 Å². The van der Waals surface area contributed by atoms with Crippen molar-refractivity contribution in [3.05, 3.63) is 240 Å². The number of rotatable bonds is 5. The summed E-state index contributed by atoms with van der Waals surface area (Å²) in [6.45, 7) is 0. The minimum absolute atomic E-state index is 0.0916. The van der Waals surface area contributed by atoms with E-state index in [4.69, 9.17) is 14.7 Å². The number of hydrogen-bond acceptors (Lipinski definition) is 5. The van der Waals surface area contributed by atoms with Crippen LogP contribution in [0, 0.1) is 5.92 Å². The van der Waals surface area contributed by atoms with Gasteiger partial charge in [0.15, 0.2) is 6.17 Å². The van der Waals surface area contributed by atoms with Gasteiger partial charge in [-0.25, -0.2) is 9.98 Å². The molecule has 7 aromatic carbocycles. The Hall–Kier alpha value is -7.63. The van der Waals surface area contributed by atoms with Crippen LogP contribution in [0.25, 0.3) is 44.3 Å². The molecule has 5 nitrogen and oxygen atoms in total. The third kappa shape index (κ3) is 5.22. The van der Waals surface area contributed by atoms with E-state index in [0.29, 0.717) is 0 Å². The lowest BCUT2D eigenvalue weighted by Gasteiger charge is -2.49. The van der Waals surface area contributed by atoms with Crippen LogP contribution in [-0.4, -0.2) is 22.8 Å². The number of pyridine rings is 1. The topological polar surface area (TPSA) is 58.9 Å². The first-order valence-corrected chi connectivity index (χ1v) is 20.6. The molecule has 0 fully saturated rings. The molecular formula is C55H38N4O. The molecule has 3 atom stereocenters. The van der Waals surface area contributed by atoms with Crippen molar-refractivity contribution < 1.29 is 4.74 Å². The van der Waals surface area contributed by atoms with E-state index in [1.807, 2.05) is 36.5 Å². The van der Waals surface area contributed by atoms with E-state index in [-0.39, 0.29) is 12.0 Å². The van der Waals surface area contributed by atoms with Crippen LogP contribution >= 0.6 is 0 Å². The van der Waals surface area contributed by atoms with Gasteiger partial charge in [0, 0.05) is 39.8 Å². The summed E-state index contributed by atoms with van der Waals surface area (Å²) in [5.41, 5.74) is 14.2. The van der Waals surface area contributed by atoms with E-state index in [1.54, 1.807) is 0 Å². The summed E-state index contributed by atoms with van der Waals surface area (Å²) in [5.74, 6) is 2.35. The average molecular weight is 771 g/mol. The third-order valence-corrected chi connectivity index (χ3v) is 12.7. The number of allylic oxidation sites excluding steroid dienone is 2. The fourth-order valence-electron chi connectivity index (χ4n) is 10.1. The third-order valence-electron chi connectivity index (χ3n) is 12.7. The molecule has 4 aliphatic rings. The standard InChI is InChI=1S/C55H38N4O/c1-3-15-37(16-4-1)52-57-53(38-17-5-2-6-18-38)59-54(58-52)44-23-12-28-48-51(44)60-50-40(36-32-30-35(31-33-36)39-21-13-29-49-43(39)24-14-34-56-49)22-11-27-47(50)55(48)45-25-9-7-19-41(45)42-20-8-10-26-46(42)55/h1-34,48,51-52H,(H,57,58,59). The van der Waals surface area contributed by atoms with E-state index >= 15 is 0 Å². The number of para-hydroxylation sites is 1. The fraction of sp³-hybridized carbons (Fsp3) is 0.0727. The highest BCUT2D eigenvalue weighted by Crippen LogP contribution is 2.63. The number of amidine groups is 2. The predicted octanol–water partition coefficient (Wildman–Crippen LogP) is 11.9. The quantitative estimate of drug-likeness (QED) is 0.190. The monoisotopic (exact) mass is 770 g/mol. The Labute approximate surface area is 348 Å². The molecule has 3 unspecified atom stereocenters. The largest absolute Gasteiger partial charge is 0.484 e. The number of benzene rings is 7. The van der Waals surface area contributed by atoms with Crippen LogP contribution in [0.1, 0.15) is 34.0 Å². The summed E-state index contributed by atoms with van der Waals surface area (Å²) in [5, 5.41) is 4.85. The number of aromatic nitrogens is 1. The number of nitrogens with one attached hydrogen (secondary N) is 1. The zero-order valence-electron chi connectivity index (χ0n) is 32.6. The lowest BCUT2D eigenvalue weighted by atomic mass is 9.59. The van der Waals surface area contributed by atoms with Crippen molar-refractivity contribution in [2.75, 3.05) is 0 Å². The second-order valence-electron chi connectivity index (χ2n) is 15.8. The van der Waals surface area contributed by atoms with Crippen molar-refractivity contribution in [2.24, 2.45) is 15.9 Å². The van der Waals surface area contributed by atoms with Crippen molar-refractivity contribution in [1.29, 1.82) is 0 Å². The molecule has 1 N–H and O–H groups in total. The van der Waals surface area contributed by atoms with Crippen LogP contribution in [0.15, 0.2) is 222 Å². The summed E-state index contributed by atoms with van der Waals surface area (Å²) >= 11 is 0. The highest BCUT2D eigenvalue weighted by atomic mass is 16.5. The van der Waals surface area contributed by atoms with E-state index in [1.165, 1.54) is 27.8 Å². The molecule has 2 aliphatic carbocycles. The van der Waals surface area contributed by atoms with Crippen molar-refractivity contribution in [3.8, 4) is 39.1 Å². The lowest BCUT2D eigenvalue weighted by molar-refractivity contribution is 0.136. The number of fused-ring (bicyclic) bond motifs is 10. The van der Waals surface area contributed by atoms with Crippen molar-refractivity contribution in [2.45, 2.75) is 17.7 Å². The predicted molar refractivity (Wildman–Crippen MR) is 242 cm³/mol. The number of nitrogens with zero attached hydrogens (tertiary/aromatic N) is 3. The molecule has 284 valence electrons. The van der Waals surface area contributed by atoms with Gasteiger partial charge in [-0.2, -0.15) is 0 Å². The maximum atomic E-state index is 7.57. The van der Waals surface area contributed by atoms with Crippen LogP contribution in [0.5, 0.6) is 5.75 Å². The van der Waals surface area contributed by atoms with Crippen LogP contribution in [0.4, 0.5) is 0 Å². The summed E-state index contributed by atoms with van der Waals surface area (Å²) in [7, 11) is 0. The van der Waals surface area contributed by atoms with E-state index in [0.717, 1.165) is 67.3 Å². The van der Waals surface area contributed by atoms with Gasteiger partial charge in [0.05, 0.1) is 10.9 Å². The average Bonchev–Trinajstić information content (AvgIpc) is 3.62. The Bertz CT molecular complexity index is 3060. The molecule has 1 aromatic heterocycles. The molecule has 8 aromatic rings. The molecule has 0 saturated carbocycles. The van der Waals surface area contributed by atoms with Crippen molar-refractivity contribution in [1.82, 2.24) is 10.3 Å². The van der Waals surface area contributed by atoms with Gasteiger partial charge in [0.1, 0.15) is 23.5 Å². The molecule has 0 amide bonds. The molecule has 5 heteroatoms. The maximum Gasteiger partial charge on any atom is 0.169 e. The Morgan fingerprint density at radius 3 is 1.88 bits per heavy atom. The van der Waals surface area contributed by atoms with Gasteiger partial charge in [0.25, 0.3) is 0 Å². The summed E-state index contributed by atoms with van der Waals surface area (Å²) in [6, 6.07) is 64.7. The van der Waals surface area contributed by atoms with E-state index < -0.39 is 11.6 Å². The zero-order valence-corrected chi connectivity index (χ0v) is 32.6. The van der Waals surface area contributed by atoms with Crippen LogP contribution in [0.3, 0.4) is 0 Å². The van der Waals surface area contributed by atoms with Gasteiger partial charge >= 0.3 is 0 Å². The molecule has 12 rings (SSSR count). The Balaban J connectivity index is 1.04. The zero-order chi connectivity index (χ0) is 39.6. The Kier molecular flexibility index (Phi) is 7.88. The molecule has 0 saturated heterocycles. The molecular weight excluding hydrogens is 733 g/mol. The first-order valence-electron chi connectivity index (χ1n) is 20.6. The Morgan fingerprint density at radius 1 is 0.500 bits per heavy atom. The molecule has 2 aliphatic heterocycles. The summed E-state index contributed by atoms with van der Waals surface area (Å²) in [6.07, 6.45) is 7.79. The highest BCUT2D eigenvalue weighted by molar-refractivity contribution is 6.16. The summed E-state index contributed by atoms with van der Waals surface area (Å²) < 4.78 is 7.57. The fourth-order valence-corrected chi connectivity index (χ4v) is 10.1. The SMILES string of the molecule is C1=CC2C(Oc3c(-c4ccc(-c5cccc6ncccc56)cc4)cccc3C23c2ccccc2-c2ccccc23)C(C2=NC(c3ccccc3)N=C(c3ccccc3)N2)=C1. The van der Waals surface area contributed by atoms with Gasteiger partial charge in [0.2, 0.25) is 0 Å². The number of ether oxygens (including phenoxy) is 1. The second kappa shape index (κ2) is 13.7. The van der Waals surface area contributed by atoms with Crippen LogP contribution in [0.2, 0.25) is 0 Å². The molecule has 1 spiro atoms. The second-order valence-corrected chi connectivity index (χ2v) is 15.8. The highest BCUT2D eigenvalue weighted by Gasteiger charge is 2.57. The van der Waals surface area contributed by atoms with Crippen molar-refractivity contribution >= 4 is 22.6 Å². The lowest BCUT2D eigenvalue weighted by Crippen LogP contribution is -2.52. The normalized spacial score (nSPS) is 19.1. The Morgan fingerprint density at radius 2 is 1.12 bits per heavy atom. The van der Waals surface area contributed by atoms with Gasteiger partial charge in [-0.05, 0) is 56.6 Å². The van der Waals surface area contributed by atoms with Gasteiger partial charge in [-0.3, -0.25) is 4.98 Å². The van der Waals surface area contributed by atoms with E-state index in [9.17, 15) is 0 Å². The van der Waals surface area contributed by atoms with Crippen LogP contribution < -0.4 is 10.1 Å². The van der Waals surface area contributed by atoms with Gasteiger partial charge in [-0.15, -0.1) is 0 Å². The molecule has 0 radical (unpaired) electrons. The minimum Gasteiger partial charge on any atom is -0.484 e. The molecule has 0 bridgehead atoms. The molecule has 3 heterocycles. The summed E-state index contributed by atoms with van der Waals surface area (Å²) in [4.78, 5) is 15.2. The van der Waals surface area contributed by atoms with Crippen molar-refractivity contribution in [3.63, 3.8) is 0 Å². The first-order chi connectivity index (χ1) is 29.8. The van der Waals surface area contributed by atoms with Gasteiger partial charge < -0.3 is 10.1 Å². The number of hydrogen-bond donors (Lipinski definition) is 1. The maximum absolute atomic E-state index is 7.57. The first kappa shape index (κ1) is 34.4. The minimum atomic E-state index is -0.544. The smallest absolute Gasteiger partial charge is 0.169 e.